The summed E-state index contributed by atoms with van der Waals surface area (Å²) in [6.45, 7) is 6.83. The van der Waals surface area contributed by atoms with E-state index >= 15 is 0 Å². The van der Waals surface area contributed by atoms with Gasteiger partial charge in [0.15, 0.2) is 18.2 Å². The fourth-order valence-electron chi connectivity index (χ4n) is 1.57. The Labute approximate surface area is 111 Å². The van der Waals surface area contributed by atoms with Crippen LogP contribution in [-0.4, -0.2) is 61.2 Å². The largest absolute Gasteiger partial charge is 0.449 e. The molecule has 1 aliphatic heterocycles. The van der Waals surface area contributed by atoms with Gasteiger partial charge in [0.05, 0.1) is 6.54 Å². The Morgan fingerprint density at radius 2 is 2.37 bits per heavy atom. The van der Waals surface area contributed by atoms with Gasteiger partial charge in [-0.1, -0.05) is 6.58 Å². The van der Waals surface area contributed by atoms with E-state index in [2.05, 4.69) is 16.9 Å². The van der Waals surface area contributed by atoms with Crippen LogP contribution in [0.5, 0.6) is 0 Å². The van der Waals surface area contributed by atoms with Gasteiger partial charge in [-0.3, -0.25) is 14.6 Å². The molecule has 0 aromatic heterocycles. The lowest BCUT2D eigenvalue weighted by Gasteiger charge is -2.18. The highest BCUT2D eigenvalue weighted by Gasteiger charge is 2.18. The third-order valence-corrected chi connectivity index (χ3v) is 2.58. The van der Waals surface area contributed by atoms with E-state index in [-0.39, 0.29) is 5.91 Å². The van der Waals surface area contributed by atoms with Crippen molar-refractivity contribution in [1.82, 2.24) is 10.2 Å². The number of nitrogens with one attached hydrogen (secondary N) is 1. The van der Waals surface area contributed by atoms with Crippen LogP contribution < -0.4 is 5.32 Å². The minimum atomic E-state index is -0.872. The number of amides is 1. The van der Waals surface area contributed by atoms with Crippen molar-refractivity contribution in [2.24, 2.45) is 4.99 Å². The van der Waals surface area contributed by atoms with Crippen LogP contribution in [0.15, 0.2) is 17.6 Å². The van der Waals surface area contributed by atoms with Crippen molar-refractivity contribution in [2.45, 2.75) is 13.0 Å². The fourth-order valence-corrected chi connectivity index (χ4v) is 1.57. The van der Waals surface area contributed by atoms with Crippen molar-refractivity contribution >= 4 is 24.0 Å². The lowest BCUT2D eigenvalue weighted by atomic mass is 10.3. The van der Waals surface area contributed by atoms with Gasteiger partial charge in [0.1, 0.15) is 0 Å². The average molecular weight is 267 g/mol. The van der Waals surface area contributed by atoms with Crippen LogP contribution in [0, 0.1) is 0 Å². The van der Waals surface area contributed by atoms with Gasteiger partial charge in [0.2, 0.25) is 0 Å². The van der Waals surface area contributed by atoms with Gasteiger partial charge in [0, 0.05) is 25.7 Å². The number of aliphatic imine (C=N–C) groups is 1. The molecular formula is C12H17N3O4. The summed E-state index contributed by atoms with van der Waals surface area (Å²) in [7, 11) is 0. The van der Waals surface area contributed by atoms with Gasteiger partial charge >= 0.3 is 5.97 Å². The molecule has 0 fully saturated rings. The summed E-state index contributed by atoms with van der Waals surface area (Å²) >= 11 is 0. The van der Waals surface area contributed by atoms with E-state index in [1.807, 2.05) is 0 Å². The van der Waals surface area contributed by atoms with Gasteiger partial charge in [-0.05, 0) is 6.92 Å². The monoisotopic (exact) mass is 267 g/mol. The van der Waals surface area contributed by atoms with Crippen molar-refractivity contribution in [3.63, 3.8) is 0 Å². The number of rotatable bonds is 7. The molecule has 7 nitrogen and oxygen atoms in total. The second-order valence-corrected chi connectivity index (χ2v) is 3.92. The van der Waals surface area contributed by atoms with Crippen LogP contribution in [0.1, 0.15) is 6.92 Å². The van der Waals surface area contributed by atoms with Crippen molar-refractivity contribution in [3.8, 4) is 0 Å². The van der Waals surface area contributed by atoms with Crippen LogP contribution in [0.3, 0.4) is 0 Å². The van der Waals surface area contributed by atoms with Crippen LogP contribution in [-0.2, 0) is 19.1 Å². The maximum absolute atomic E-state index is 11.6. The highest BCUT2D eigenvalue weighted by Crippen LogP contribution is 1.98. The summed E-state index contributed by atoms with van der Waals surface area (Å²) < 4.78 is 4.76. The Kier molecular flexibility index (Phi) is 5.72. The van der Waals surface area contributed by atoms with Crippen LogP contribution in [0.2, 0.25) is 0 Å². The van der Waals surface area contributed by atoms with Crippen LogP contribution >= 0.6 is 0 Å². The van der Waals surface area contributed by atoms with E-state index < -0.39 is 12.1 Å². The van der Waals surface area contributed by atoms with Gasteiger partial charge in [-0.2, -0.15) is 0 Å². The molecule has 0 saturated heterocycles. The average Bonchev–Trinajstić information content (AvgIpc) is 2.85. The maximum Gasteiger partial charge on any atom is 0.330 e. The van der Waals surface area contributed by atoms with Crippen LogP contribution in [0.25, 0.3) is 0 Å². The van der Waals surface area contributed by atoms with Crippen LogP contribution in [0.4, 0.5) is 0 Å². The molecule has 0 aromatic rings. The zero-order valence-electron chi connectivity index (χ0n) is 10.8. The molecule has 0 aliphatic carbocycles. The van der Waals surface area contributed by atoms with Crippen molar-refractivity contribution in [3.05, 3.63) is 12.7 Å². The fraction of sp³-hybridized carbons (Fsp3) is 0.500. The van der Waals surface area contributed by atoms with E-state index in [1.54, 1.807) is 4.90 Å². The molecule has 1 aliphatic rings. The molecule has 1 N–H and O–H groups in total. The normalized spacial score (nSPS) is 15.4. The quantitative estimate of drug-likeness (QED) is 0.368. The summed E-state index contributed by atoms with van der Waals surface area (Å²) in [5.41, 5.74) is 0. The smallest absolute Gasteiger partial charge is 0.330 e. The predicted molar refractivity (Wildman–Crippen MR) is 68.7 cm³/mol. The lowest BCUT2D eigenvalue weighted by Crippen LogP contribution is -2.41. The Hall–Kier alpha value is -2.18. The van der Waals surface area contributed by atoms with Crippen molar-refractivity contribution in [1.29, 1.82) is 0 Å². The summed E-state index contributed by atoms with van der Waals surface area (Å²) in [5, 5.41) is 2.62. The van der Waals surface area contributed by atoms with Gasteiger partial charge in [-0.25, -0.2) is 4.79 Å². The zero-order chi connectivity index (χ0) is 14.3. The molecule has 104 valence electrons. The number of esters is 1. The molecule has 1 amide bonds. The molecule has 19 heavy (non-hydrogen) atoms. The number of aldehydes is 1. The van der Waals surface area contributed by atoms with E-state index in [0.29, 0.717) is 38.3 Å². The summed E-state index contributed by atoms with van der Waals surface area (Å²) in [4.78, 5) is 38.9. The Morgan fingerprint density at radius 3 is 3.00 bits per heavy atom. The van der Waals surface area contributed by atoms with Gasteiger partial charge in [-0.15, -0.1) is 0 Å². The topological polar surface area (TPSA) is 88.1 Å². The SMILES string of the molecule is C=CC(=O)OC(C)C(=O)NCCN1CCN=C1C=O. The zero-order valence-corrected chi connectivity index (χ0v) is 10.8. The first kappa shape index (κ1) is 14.9. The molecule has 0 bridgehead atoms. The molecule has 0 saturated carbocycles. The molecule has 0 radical (unpaired) electrons. The van der Waals surface area contributed by atoms with Gasteiger partial charge < -0.3 is 15.0 Å². The minimum absolute atomic E-state index is 0.349. The van der Waals surface area contributed by atoms with E-state index in [1.165, 1.54) is 6.92 Å². The predicted octanol–water partition coefficient (Wildman–Crippen LogP) is -0.867. The highest BCUT2D eigenvalue weighted by atomic mass is 16.5. The number of hydrogen-bond acceptors (Lipinski definition) is 6. The molecule has 1 unspecified atom stereocenters. The molecule has 1 heterocycles. The number of carbonyl (C=O) groups excluding carboxylic acids is 3. The summed E-state index contributed by atoms with van der Waals surface area (Å²) in [6, 6.07) is 0. The van der Waals surface area contributed by atoms with Crippen molar-refractivity contribution in [2.75, 3.05) is 26.2 Å². The van der Waals surface area contributed by atoms with E-state index in [9.17, 15) is 14.4 Å². The number of nitrogens with zero attached hydrogens (tertiary/aromatic N) is 2. The third-order valence-electron chi connectivity index (χ3n) is 2.58. The lowest BCUT2D eigenvalue weighted by molar-refractivity contribution is -0.150. The van der Waals surface area contributed by atoms with Crippen molar-refractivity contribution < 1.29 is 19.1 Å². The number of carbonyl (C=O) groups is 3. The van der Waals surface area contributed by atoms with E-state index in [4.69, 9.17) is 4.74 Å². The van der Waals surface area contributed by atoms with Gasteiger partial charge in [0.25, 0.3) is 5.91 Å². The highest BCUT2D eigenvalue weighted by molar-refractivity contribution is 6.27. The first-order valence-corrected chi connectivity index (χ1v) is 5.93. The standard InChI is InChI=1S/C12H17N3O4/c1-3-11(17)19-9(2)12(18)14-5-7-15-6-4-13-10(15)8-16/h3,8-9H,1,4-7H2,2H3,(H,14,18). The first-order valence-electron chi connectivity index (χ1n) is 5.93. The third kappa shape index (κ3) is 4.53. The molecule has 7 heteroatoms. The summed E-state index contributed by atoms with van der Waals surface area (Å²) in [5.74, 6) is -0.628. The Morgan fingerprint density at radius 1 is 1.63 bits per heavy atom. The molecule has 1 rings (SSSR count). The first-order chi connectivity index (χ1) is 9.08. The molecular weight excluding hydrogens is 250 g/mol. The second-order valence-electron chi connectivity index (χ2n) is 3.92. The number of amidine groups is 1. The Bertz CT molecular complexity index is 406. The summed E-state index contributed by atoms with van der Waals surface area (Å²) in [6.07, 6.45) is 0.827. The molecule has 1 atom stereocenters. The molecule has 0 spiro atoms. The number of hydrogen-bond donors (Lipinski definition) is 1. The molecule has 0 aromatic carbocycles. The minimum Gasteiger partial charge on any atom is -0.449 e. The number of ether oxygens (including phenoxy) is 1. The van der Waals surface area contributed by atoms with E-state index in [0.717, 1.165) is 6.08 Å². The maximum atomic E-state index is 11.6. The Balaban J connectivity index is 2.27. The second kappa shape index (κ2) is 7.30.